The Morgan fingerprint density at radius 3 is 2.77 bits per heavy atom. The molecule has 1 atom stereocenters. The van der Waals surface area contributed by atoms with Crippen LogP contribution in [0.15, 0.2) is 57.7 Å². The van der Waals surface area contributed by atoms with Crippen LogP contribution in [0.2, 0.25) is 0 Å². The highest BCUT2D eigenvalue weighted by Gasteiger charge is 2.18. The molecule has 0 aliphatic carbocycles. The lowest BCUT2D eigenvalue weighted by atomic mass is 10.1. The molecule has 0 bridgehead atoms. The third-order valence-electron chi connectivity index (χ3n) is 4.22. The first-order valence-corrected chi connectivity index (χ1v) is 9.03. The molecule has 1 aromatic heterocycles. The number of amides is 1. The summed E-state index contributed by atoms with van der Waals surface area (Å²) >= 11 is 0. The van der Waals surface area contributed by atoms with Crippen molar-refractivity contribution in [1.82, 2.24) is 0 Å². The fourth-order valence-corrected chi connectivity index (χ4v) is 2.73. The quantitative estimate of drug-likeness (QED) is 0.494. The number of esters is 1. The van der Waals surface area contributed by atoms with E-state index >= 15 is 0 Å². The second kappa shape index (κ2) is 8.92. The monoisotopic (exact) mass is 406 g/mol. The fraction of sp³-hybridized carbons (Fsp3) is 0.182. The number of nitriles is 1. The summed E-state index contributed by atoms with van der Waals surface area (Å²) in [5.41, 5.74) is 1.46. The molecule has 152 valence electrons. The van der Waals surface area contributed by atoms with Gasteiger partial charge in [-0.2, -0.15) is 5.26 Å². The van der Waals surface area contributed by atoms with E-state index in [1.54, 1.807) is 37.3 Å². The van der Waals surface area contributed by atoms with Crippen molar-refractivity contribution >= 4 is 28.5 Å². The maximum atomic E-state index is 12.2. The minimum Gasteiger partial charge on any atom is -0.482 e. The number of anilines is 1. The Kier molecular flexibility index (Phi) is 6.13. The van der Waals surface area contributed by atoms with Gasteiger partial charge in [-0.1, -0.05) is 6.07 Å². The van der Waals surface area contributed by atoms with E-state index in [0.29, 0.717) is 22.6 Å². The van der Waals surface area contributed by atoms with Gasteiger partial charge in [0.1, 0.15) is 11.3 Å². The molecule has 30 heavy (non-hydrogen) atoms. The van der Waals surface area contributed by atoms with E-state index in [1.165, 1.54) is 25.1 Å². The van der Waals surface area contributed by atoms with Crippen molar-refractivity contribution in [3.63, 3.8) is 0 Å². The lowest BCUT2D eigenvalue weighted by Gasteiger charge is -2.14. The van der Waals surface area contributed by atoms with Gasteiger partial charge in [-0.3, -0.25) is 4.79 Å². The Balaban J connectivity index is 1.56. The van der Waals surface area contributed by atoms with E-state index in [4.69, 9.17) is 19.2 Å². The van der Waals surface area contributed by atoms with Crippen LogP contribution in [-0.2, 0) is 14.3 Å². The second-order valence-corrected chi connectivity index (χ2v) is 6.51. The van der Waals surface area contributed by atoms with Crippen molar-refractivity contribution in [2.45, 2.75) is 20.0 Å². The van der Waals surface area contributed by atoms with Crippen LogP contribution in [0.4, 0.5) is 5.69 Å². The van der Waals surface area contributed by atoms with Crippen LogP contribution >= 0.6 is 0 Å². The van der Waals surface area contributed by atoms with Gasteiger partial charge in [-0.15, -0.1) is 0 Å². The van der Waals surface area contributed by atoms with Gasteiger partial charge in [0.2, 0.25) is 0 Å². The van der Waals surface area contributed by atoms with Gasteiger partial charge in [0.25, 0.3) is 5.91 Å². The van der Waals surface area contributed by atoms with E-state index < -0.39 is 30.2 Å². The SMILES string of the molecule is Cc1cc(=O)oc2cc(OCC(=O)O[C@@H](C)C(=O)Nc3cccc(C#N)c3)ccc12. The summed E-state index contributed by atoms with van der Waals surface area (Å²) in [5, 5.41) is 12.2. The number of ether oxygens (including phenoxy) is 2. The van der Waals surface area contributed by atoms with Gasteiger partial charge >= 0.3 is 11.6 Å². The van der Waals surface area contributed by atoms with E-state index in [-0.39, 0.29) is 0 Å². The highest BCUT2D eigenvalue weighted by molar-refractivity contribution is 5.95. The molecule has 8 nitrogen and oxygen atoms in total. The van der Waals surface area contributed by atoms with E-state index in [1.807, 2.05) is 6.07 Å². The number of carbonyl (C=O) groups excluding carboxylic acids is 2. The Hall–Kier alpha value is -4.12. The molecule has 0 radical (unpaired) electrons. The van der Waals surface area contributed by atoms with Crippen LogP contribution in [0.5, 0.6) is 5.75 Å². The van der Waals surface area contributed by atoms with Gasteiger partial charge in [-0.25, -0.2) is 9.59 Å². The number of rotatable bonds is 6. The van der Waals surface area contributed by atoms with Crippen molar-refractivity contribution in [3.8, 4) is 11.8 Å². The summed E-state index contributed by atoms with van der Waals surface area (Å²) < 4.78 is 15.6. The van der Waals surface area contributed by atoms with Crippen molar-refractivity contribution in [2.75, 3.05) is 11.9 Å². The molecule has 1 heterocycles. The molecule has 2 aromatic carbocycles. The van der Waals surface area contributed by atoms with Crippen LogP contribution < -0.4 is 15.7 Å². The summed E-state index contributed by atoms with van der Waals surface area (Å²) in [6, 6.07) is 14.6. The van der Waals surface area contributed by atoms with Gasteiger partial charge in [0.15, 0.2) is 12.7 Å². The van der Waals surface area contributed by atoms with Crippen LogP contribution in [0, 0.1) is 18.3 Å². The molecular weight excluding hydrogens is 388 g/mol. The van der Waals surface area contributed by atoms with Crippen molar-refractivity contribution < 1.29 is 23.5 Å². The summed E-state index contributed by atoms with van der Waals surface area (Å²) in [7, 11) is 0. The maximum absolute atomic E-state index is 12.2. The highest BCUT2D eigenvalue weighted by Crippen LogP contribution is 2.22. The lowest BCUT2D eigenvalue weighted by molar-refractivity contribution is -0.155. The first-order valence-electron chi connectivity index (χ1n) is 9.03. The zero-order chi connectivity index (χ0) is 21.7. The molecule has 0 aliphatic heterocycles. The van der Waals surface area contributed by atoms with Crippen molar-refractivity contribution in [3.05, 3.63) is 70.1 Å². The Labute approximate surface area is 171 Å². The molecule has 3 rings (SSSR count). The molecule has 3 aromatic rings. The minimum atomic E-state index is -1.07. The number of benzene rings is 2. The Bertz CT molecular complexity index is 1210. The van der Waals surface area contributed by atoms with Crippen molar-refractivity contribution in [2.24, 2.45) is 0 Å². The first kappa shape index (κ1) is 20.6. The van der Waals surface area contributed by atoms with Gasteiger partial charge in [-0.05, 0) is 49.7 Å². The predicted molar refractivity (Wildman–Crippen MR) is 108 cm³/mol. The standard InChI is InChI=1S/C22H18N2O6/c1-13-8-20(25)30-19-10-17(6-7-18(13)19)28-12-21(26)29-14(2)22(27)24-16-5-3-4-15(9-16)11-23/h3-10,14H,12H2,1-2H3,(H,24,27)/t14-/m0/s1. The van der Waals surface area contributed by atoms with Crippen LogP contribution in [0.1, 0.15) is 18.1 Å². The molecule has 1 amide bonds. The minimum absolute atomic E-state index is 0.318. The van der Waals surface area contributed by atoms with Gasteiger partial charge in [0, 0.05) is 23.2 Å². The third-order valence-corrected chi connectivity index (χ3v) is 4.22. The molecule has 1 N–H and O–H groups in total. The number of hydrogen-bond acceptors (Lipinski definition) is 7. The average Bonchev–Trinajstić information content (AvgIpc) is 2.71. The molecule has 0 saturated carbocycles. The zero-order valence-corrected chi connectivity index (χ0v) is 16.3. The van der Waals surface area contributed by atoms with Crippen LogP contribution in [0.3, 0.4) is 0 Å². The van der Waals surface area contributed by atoms with E-state index in [0.717, 1.165) is 10.9 Å². The molecule has 0 fully saturated rings. The van der Waals surface area contributed by atoms with E-state index in [2.05, 4.69) is 5.32 Å². The summed E-state index contributed by atoms with van der Waals surface area (Å²) in [4.78, 5) is 35.7. The Morgan fingerprint density at radius 1 is 1.20 bits per heavy atom. The fourth-order valence-electron chi connectivity index (χ4n) is 2.73. The summed E-state index contributed by atoms with van der Waals surface area (Å²) in [5.74, 6) is -0.964. The molecule has 0 spiro atoms. The van der Waals surface area contributed by atoms with Gasteiger partial charge < -0.3 is 19.2 Å². The number of fused-ring (bicyclic) bond motifs is 1. The first-order chi connectivity index (χ1) is 14.4. The number of hydrogen-bond donors (Lipinski definition) is 1. The number of aryl methyl sites for hydroxylation is 1. The highest BCUT2D eigenvalue weighted by atomic mass is 16.6. The molecule has 0 aliphatic rings. The average molecular weight is 406 g/mol. The normalized spacial score (nSPS) is 11.4. The molecule has 8 heteroatoms. The number of nitrogens with zero attached hydrogens (tertiary/aromatic N) is 1. The van der Waals surface area contributed by atoms with Crippen LogP contribution in [0.25, 0.3) is 11.0 Å². The van der Waals surface area contributed by atoms with Gasteiger partial charge in [0.05, 0.1) is 11.6 Å². The second-order valence-electron chi connectivity index (χ2n) is 6.51. The number of carbonyl (C=O) groups is 2. The van der Waals surface area contributed by atoms with Crippen LogP contribution in [-0.4, -0.2) is 24.6 Å². The predicted octanol–water partition coefficient (Wildman–Crippen LogP) is 2.92. The molecule has 0 unspecified atom stereocenters. The lowest BCUT2D eigenvalue weighted by Crippen LogP contribution is -2.31. The topological polar surface area (TPSA) is 119 Å². The Morgan fingerprint density at radius 2 is 2.00 bits per heavy atom. The largest absolute Gasteiger partial charge is 0.482 e. The molecular formula is C22H18N2O6. The summed E-state index contributed by atoms with van der Waals surface area (Å²) in [6.07, 6.45) is -1.07. The van der Waals surface area contributed by atoms with Crippen molar-refractivity contribution in [1.29, 1.82) is 5.26 Å². The maximum Gasteiger partial charge on any atom is 0.344 e. The smallest absolute Gasteiger partial charge is 0.344 e. The summed E-state index contributed by atoms with van der Waals surface area (Å²) in [6.45, 7) is 2.79. The zero-order valence-electron chi connectivity index (χ0n) is 16.3. The number of nitrogens with one attached hydrogen (secondary N) is 1. The molecule has 0 saturated heterocycles. The third kappa shape index (κ3) is 5.02. The van der Waals surface area contributed by atoms with E-state index in [9.17, 15) is 14.4 Å².